The minimum atomic E-state index is -0.0832. The molecule has 0 aliphatic carbocycles. The van der Waals surface area contributed by atoms with Crippen LogP contribution in [-0.4, -0.2) is 40.8 Å². The van der Waals surface area contributed by atoms with Crippen molar-refractivity contribution in [2.45, 2.75) is 26.8 Å². The first-order valence-corrected chi connectivity index (χ1v) is 11.0. The first kappa shape index (κ1) is 22.3. The molecule has 8 heteroatoms. The molecule has 0 spiro atoms. The largest absolute Gasteiger partial charge is 0.491 e. The van der Waals surface area contributed by atoms with Gasteiger partial charge in [-0.2, -0.15) is 0 Å². The number of anilines is 1. The fourth-order valence-corrected chi connectivity index (χ4v) is 3.59. The zero-order chi connectivity index (χ0) is 23.2. The van der Waals surface area contributed by atoms with Crippen molar-refractivity contribution in [2.75, 3.05) is 18.5 Å². The van der Waals surface area contributed by atoms with Crippen molar-refractivity contribution in [3.05, 3.63) is 66.0 Å². The Morgan fingerprint density at radius 3 is 2.85 bits per heavy atom. The number of imidazole rings is 1. The van der Waals surface area contributed by atoms with Gasteiger partial charge in [0.1, 0.15) is 23.9 Å². The van der Waals surface area contributed by atoms with Crippen LogP contribution in [-0.2, 0) is 17.8 Å². The molecule has 3 N–H and O–H groups in total. The molecule has 0 radical (unpaired) electrons. The van der Waals surface area contributed by atoms with E-state index < -0.39 is 0 Å². The Balaban J connectivity index is 1.62. The van der Waals surface area contributed by atoms with Crippen molar-refractivity contribution in [3.8, 4) is 17.1 Å². The molecule has 0 unspecified atom stereocenters. The normalized spacial score (nSPS) is 13.4. The van der Waals surface area contributed by atoms with Gasteiger partial charge >= 0.3 is 0 Å². The number of amides is 1. The Bertz CT molecular complexity index is 1180. The summed E-state index contributed by atoms with van der Waals surface area (Å²) in [4.78, 5) is 26.2. The summed E-state index contributed by atoms with van der Waals surface area (Å²) in [6.07, 6.45) is 3.41. The van der Waals surface area contributed by atoms with Gasteiger partial charge in [0.25, 0.3) is 0 Å². The molecular formula is C25H28N6O2. The molecule has 0 atom stereocenters. The third kappa shape index (κ3) is 5.46. The van der Waals surface area contributed by atoms with E-state index in [0.717, 1.165) is 28.4 Å². The fourth-order valence-electron chi connectivity index (χ4n) is 3.59. The third-order valence-electron chi connectivity index (χ3n) is 5.11. The number of hydrogen-bond donors (Lipinski definition) is 2. The smallest absolute Gasteiger partial charge is 0.228 e. The molecule has 170 valence electrons. The van der Waals surface area contributed by atoms with E-state index in [0.29, 0.717) is 37.1 Å². The quantitative estimate of drug-likeness (QED) is 0.448. The summed E-state index contributed by atoms with van der Waals surface area (Å²) in [5, 5.41) is 2.92. The number of para-hydroxylation sites is 1. The van der Waals surface area contributed by atoms with Crippen LogP contribution in [0.4, 0.5) is 5.69 Å². The third-order valence-corrected chi connectivity index (χ3v) is 5.11. The summed E-state index contributed by atoms with van der Waals surface area (Å²) in [6, 6.07) is 15.2. The predicted octanol–water partition coefficient (Wildman–Crippen LogP) is 3.51. The van der Waals surface area contributed by atoms with E-state index >= 15 is 0 Å². The van der Waals surface area contributed by atoms with Gasteiger partial charge < -0.3 is 20.4 Å². The van der Waals surface area contributed by atoms with Crippen LogP contribution in [0.1, 0.15) is 25.1 Å². The Morgan fingerprint density at radius 1 is 1.27 bits per heavy atom. The number of nitrogens with one attached hydrogen (secondary N) is 1. The predicted molar refractivity (Wildman–Crippen MR) is 131 cm³/mol. The molecule has 4 rings (SSSR count). The molecular weight excluding hydrogens is 416 g/mol. The van der Waals surface area contributed by atoms with Crippen LogP contribution in [0, 0.1) is 5.92 Å². The van der Waals surface area contributed by atoms with Gasteiger partial charge in [-0.05, 0) is 35.7 Å². The zero-order valence-electron chi connectivity index (χ0n) is 18.9. The van der Waals surface area contributed by atoms with E-state index in [2.05, 4.69) is 29.1 Å². The Hall–Kier alpha value is -3.94. The summed E-state index contributed by atoms with van der Waals surface area (Å²) in [7, 11) is 0. The highest BCUT2D eigenvalue weighted by Gasteiger charge is 2.21. The van der Waals surface area contributed by atoms with Gasteiger partial charge in [-0.15, -0.1) is 0 Å². The molecule has 2 heterocycles. The molecule has 1 aromatic heterocycles. The van der Waals surface area contributed by atoms with E-state index in [9.17, 15) is 4.79 Å². The number of ether oxygens (including phenoxy) is 1. The van der Waals surface area contributed by atoms with Crippen molar-refractivity contribution < 1.29 is 9.53 Å². The lowest BCUT2D eigenvalue weighted by molar-refractivity contribution is -0.115. The number of aliphatic imine (C=N–C) groups is 2. The molecule has 3 aromatic rings. The number of amidine groups is 1. The second-order valence-electron chi connectivity index (χ2n) is 8.25. The van der Waals surface area contributed by atoms with Gasteiger partial charge in [0.2, 0.25) is 5.91 Å². The maximum atomic E-state index is 12.5. The van der Waals surface area contributed by atoms with Crippen LogP contribution in [0.5, 0.6) is 5.75 Å². The monoisotopic (exact) mass is 444 g/mol. The van der Waals surface area contributed by atoms with Gasteiger partial charge in [-0.1, -0.05) is 38.1 Å². The fraction of sp³-hybridized carbons (Fsp3) is 0.280. The molecule has 0 saturated heterocycles. The summed E-state index contributed by atoms with van der Waals surface area (Å²) in [6.45, 7) is 5.99. The Kier molecular flexibility index (Phi) is 6.83. The van der Waals surface area contributed by atoms with Crippen LogP contribution >= 0.6 is 0 Å². The zero-order valence-corrected chi connectivity index (χ0v) is 18.9. The first-order valence-electron chi connectivity index (χ1n) is 11.0. The Labute approximate surface area is 193 Å². The molecule has 0 bridgehead atoms. The molecule has 33 heavy (non-hydrogen) atoms. The summed E-state index contributed by atoms with van der Waals surface area (Å²) in [5.74, 6) is 2.31. The van der Waals surface area contributed by atoms with Gasteiger partial charge in [0.05, 0.1) is 24.9 Å². The van der Waals surface area contributed by atoms with Gasteiger partial charge in [0.15, 0.2) is 5.84 Å². The van der Waals surface area contributed by atoms with Crippen LogP contribution in [0.2, 0.25) is 0 Å². The molecule has 8 nitrogen and oxygen atoms in total. The van der Waals surface area contributed by atoms with Crippen LogP contribution in [0.25, 0.3) is 11.4 Å². The minimum absolute atomic E-state index is 0.0832. The Morgan fingerprint density at radius 2 is 2.09 bits per heavy atom. The lowest BCUT2D eigenvalue weighted by Crippen LogP contribution is -2.14. The van der Waals surface area contributed by atoms with E-state index in [1.165, 1.54) is 6.34 Å². The number of hydrogen-bond acceptors (Lipinski definition) is 4. The maximum absolute atomic E-state index is 12.5. The number of aromatic nitrogens is 2. The second kappa shape index (κ2) is 10.1. The van der Waals surface area contributed by atoms with E-state index in [1.54, 1.807) is 0 Å². The first-order chi connectivity index (χ1) is 16.0. The average molecular weight is 445 g/mol. The summed E-state index contributed by atoms with van der Waals surface area (Å²) in [5.41, 5.74) is 8.70. The van der Waals surface area contributed by atoms with Crippen molar-refractivity contribution in [1.29, 1.82) is 0 Å². The maximum Gasteiger partial charge on any atom is 0.228 e. The molecule has 0 saturated carbocycles. The molecule has 1 amide bonds. The minimum Gasteiger partial charge on any atom is -0.491 e. The molecule has 1 aliphatic heterocycles. The molecule has 0 fully saturated rings. The van der Waals surface area contributed by atoms with Gasteiger partial charge in [0, 0.05) is 18.4 Å². The summed E-state index contributed by atoms with van der Waals surface area (Å²) < 4.78 is 7.96. The van der Waals surface area contributed by atoms with Crippen LogP contribution in [0.15, 0.2) is 64.7 Å². The number of carbonyl (C=O) groups excluding carboxylic acids is 1. The van der Waals surface area contributed by atoms with Crippen LogP contribution in [0.3, 0.4) is 0 Å². The van der Waals surface area contributed by atoms with Crippen molar-refractivity contribution in [2.24, 2.45) is 21.6 Å². The molecule has 2 aromatic carbocycles. The molecule has 1 aliphatic rings. The standard InChI is InChI=1S/C25H28N6O2/c1-17(2)14-27-24(28-16-26)21-15-31-10-11-33-22-9-8-18(12-20(22)25(31)30-21)13-23(32)29-19-6-4-3-5-7-19/h3-9,12,15-17H,10-11,13-14H2,1-2H3,(H,29,32)(H2,26,27,28). The number of fused-ring (bicyclic) bond motifs is 3. The second-order valence-corrected chi connectivity index (χ2v) is 8.25. The SMILES string of the molecule is CC(C)CN=C(N=CN)c1cn2c(n1)-c1cc(CC(=O)Nc3ccccc3)ccc1OCC2. The van der Waals surface area contributed by atoms with Crippen molar-refractivity contribution in [3.63, 3.8) is 0 Å². The number of benzene rings is 2. The van der Waals surface area contributed by atoms with Crippen molar-refractivity contribution >= 4 is 23.8 Å². The highest BCUT2D eigenvalue weighted by atomic mass is 16.5. The van der Waals surface area contributed by atoms with Gasteiger partial charge in [-0.25, -0.2) is 9.98 Å². The van der Waals surface area contributed by atoms with E-state index in [1.807, 2.05) is 59.3 Å². The number of carbonyl (C=O) groups is 1. The highest BCUT2D eigenvalue weighted by molar-refractivity contribution is 6.01. The van der Waals surface area contributed by atoms with E-state index in [4.69, 9.17) is 15.5 Å². The lowest BCUT2D eigenvalue weighted by atomic mass is 10.1. The van der Waals surface area contributed by atoms with Gasteiger partial charge in [-0.3, -0.25) is 9.79 Å². The lowest BCUT2D eigenvalue weighted by Gasteiger charge is -2.10. The number of rotatable bonds is 6. The van der Waals surface area contributed by atoms with Crippen molar-refractivity contribution in [1.82, 2.24) is 9.55 Å². The topological polar surface area (TPSA) is 107 Å². The van der Waals surface area contributed by atoms with E-state index in [-0.39, 0.29) is 12.3 Å². The highest BCUT2D eigenvalue weighted by Crippen LogP contribution is 2.33. The average Bonchev–Trinajstić information content (AvgIpc) is 3.14. The number of nitrogens with zero attached hydrogens (tertiary/aromatic N) is 4. The van der Waals surface area contributed by atoms with Crippen LogP contribution < -0.4 is 15.8 Å². The summed E-state index contributed by atoms with van der Waals surface area (Å²) >= 11 is 0. The number of nitrogens with two attached hydrogens (primary N) is 1.